The van der Waals surface area contributed by atoms with Crippen LogP contribution in [0, 0.1) is 6.92 Å². The molecule has 1 nitrogen and oxygen atoms in total. The lowest BCUT2D eigenvalue weighted by Crippen LogP contribution is -2.23. The maximum Gasteiger partial charge on any atom is 0.0731 e. The van der Waals surface area contributed by atoms with Crippen molar-refractivity contribution in [2.45, 2.75) is 32.7 Å². The highest BCUT2D eigenvalue weighted by Gasteiger charge is 2.17. The van der Waals surface area contributed by atoms with Crippen LogP contribution in [0.4, 0.5) is 0 Å². The lowest BCUT2D eigenvalue weighted by Gasteiger charge is -2.18. The van der Waals surface area contributed by atoms with Gasteiger partial charge in [0.2, 0.25) is 0 Å². The summed E-state index contributed by atoms with van der Waals surface area (Å²) in [5.74, 6) is 0. The van der Waals surface area contributed by atoms with Crippen LogP contribution in [0.25, 0.3) is 0 Å². The van der Waals surface area contributed by atoms with Crippen LogP contribution in [-0.4, -0.2) is 6.54 Å². The zero-order valence-electron chi connectivity index (χ0n) is 12.1. The molecule has 2 rings (SSSR count). The van der Waals surface area contributed by atoms with Crippen molar-refractivity contribution in [3.05, 3.63) is 53.6 Å². The van der Waals surface area contributed by atoms with Crippen molar-refractivity contribution >= 4 is 54.8 Å². The first-order valence-electron chi connectivity index (χ1n) is 6.94. The third-order valence-corrected chi connectivity index (χ3v) is 6.39. The molecule has 21 heavy (non-hydrogen) atoms. The molecule has 1 aromatic carbocycles. The number of nitrogens with one attached hydrogen (secondary N) is 1. The zero-order chi connectivity index (χ0) is 15.4. The topological polar surface area (TPSA) is 12.0 Å². The molecule has 1 N–H and O–H groups in total. The van der Waals surface area contributed by atoms with Gasteiger partial charge >= 0.3 is 0 Å². The summed E-state index contributed by atoms with van der Waals surface area (Å²) in [6.45, 7) is 5.33. The maximum atomic E-state index is 6.37. The van der Waals surface area contributed by atoms with E-state index in [4.69, 9.17) is 11.6 Å². The molecule has 0 aliphatic carbocycles. The molecule has 0 saturated heterocycles. The Balaban J connectivity index is 2.23. The monoisotopic (exact) mass is 449 g/mol. The fraction of sp³-hybridized carbons (Fsp3) is 0.375. The van der Waals surface area contributed by atoms with Gasteiger partial charge in [0.05, 0.1) is 3.79 Å². The third kappa shape index (κ3) is 4.80. The van der Waals surface area contributed by atoms with Crippen molar-refractivity contribution in [1.82, 2.24) is 5.32 Å². The Morgan fingerprint density at radius 2 is 2.05 bits per heavy atom. The second-order valence-corrected chi connectivity index (χ2v) is 8.78. The van der Waals surface area contributed by atoms with Gasteiger partial charge in [-0.1, -0.05) is 40.5 Å². The van der Waals surface area contributed by atoms with Crippen molar-refractivity contribution in [3.63, 3.8) is 0 Å². The molecule has 0 aliphatic heterocycles. The SMILES string of the molecule is CCCNC(Cc1ccc(Br)cc1Cl)c1cc(C)c(Br)s1. The fourth-order valence-electron chi connectivity index (χ4n) is 2.15. The van der Waals surface area contributed by atoms with E-state index in [1.807, 2.05) is 12.1 Å². The molecule has 5 heteroatoms. The minimum absolute atomic E-state index is 0.304. The number of hydrogen-bond donors (Lipinski definition) is 1. The standard InChI is InChI=1S/C16H18Br2ClNS/c1-3-6-20-14(15-7-10(2)16(18)21-15)8-11-4-5-12(17)9-13(11)19/h4-5,7,9,14,20H,3,6,8H2,1-2H3. The largest absolute Gasteiger partial charge is 0.309 e. The third-order valence-electron chi connectivity index (χ3n) is 3.30. The van der Waals surface area contributed by atoms with Gasteiger partial charge < -0.3 is 5.32 Å². The van der Waals surface area contributed by atoms with E-state index >= 15 is 0 Å². The van der Waals surface area contributed by atoms with Crippen LogP contribution in [0.5, 0.6) is 0 Å². The first kappa shape index (κ1) is 17.5. The van der Waals surface area contributed by atoms with E-state index < -0.39 is 0 Å². The maximum absolute atomic E-state index is 6.37. The van der Waals surface area contributed by atoms with Gasteiger partial charge in [0, 0.05) is 20.4 Å². The fourth-order valence-corrected chi connectivity index (χ4v) is 4.55. The molecular weight excluding hydrogens is 434 g/mol. The van der Waals surface area contributed by atoms with Crippen LogP contribution >= 0.6 is 54.8 Å². The molecule has 0 amide bonds. The number of rotatable bonds is 6. The molecule has 2 aromatic rings. The molecule has 0 spiro atoms. The number of benzene rings is 1. The first-order chi connectivity index (χ1) is 10.0. The van der Waals surface area contributed by atoms with Gasteiger partial charge in [0.1, 0.15) is 0 Å². The van der Waals surface area contributed by atoms with E-state index in [9.17, 15) is 0 Å². The minimum atomic E-state index is 0.304. The molecule has 0 saturated carbocycles. The van der Waals surface area contributed by atoms with Crippen LogP contribution in [0.1, 0.15) is 35.4 Å². The van der Waals surface area contributed by atoms with E-state index in [1.54, 1.807) is 11.3 Å². The van der Waals surface area contributed by atoms with Gasteiger partial charge in [0.15, 0.2) is 0 Å². The Hall–Kier alpha value is 0.130. The minimum Gasteiger partial charge on any atom is -0.309 e. The first-order valence-corrected chi connectivity index (χ1v) is 9.72. The van der Waals surface area contributed by atoms with Crippen molar-refractivity contribution in [1.29, 1.82) is 0 Å². The van der Waals surface area contributed by atoms with E-state index in [0.29, 0.717) is 6.04 Å². The second-order valence-electron chi connectivity index (χ2n) is 5.05. The van der Waals surface area contributed by atoms with Crippen LogP contribution in [0.2, 0.25) is 5.02 Å². The average Bonchev–Trinajstić information content (AvgIpc) is 2.77. The lowest BCUT2D eigenvalue weighted by molar-refractivity contribution is 0.536. The Morgan fingerprint density at radius 3 is 2.62 bits per heavy atom. The Bertz CT molecular complexity index is 593. The predicted octanol–water partition coefficient (Wildman–Crippen LogP) is 6.52. The molecule has 0 radical (unpaired) electrons. The Kier molecular flexibility index (Phi) is 6.76. The molecule has 0 bridgehead atoms. The van der Waals surface area contributed by atoms with Gasteiger partial charge in [0.25, 0.3) is 0 Å². The summed E-state index contributed by atoms with van der Waals surface area (Å²) < 4.78 is 2.23. The van der Waals surface area contributed by atoms with E-state index in [2.05, 4.69) is 63.2 Å². The Morgan fingerprint density at radius 1 is 1.29 bits per heavy atom. The molecular formula is C16H18Br2ClNS. The highest BCUT2D eigenvalue weighted by molar-refractivity contribution is 9.11. The number of halogens is 3. The normalized spacial score (nSPS) is 12.6. The molecule has 0 aliphatic rings. The molecule has 1 unspecified atom stereocenters. The molecule has 1 atom stereocenters. The number of thiophene rings is 1. The Labute approximate surface area is 152 Å². The molecule has 0 fully saturated rings. The molecule has 114 valence electrons. The van der Waals surface area contributed by atoms with Crippen LogP contribution < -0.4 is 5.32 Å². The zero-order valence-corrected chi connectivity index (χ0v) is 16.8. The van der Waals surface area contributed by atoms with Gasteiger partial charge in [-0.3, -0.25) is 0 Å². The smallest absolute Gasteiger partial charge is 0.0731 e. The van der Waals surface area contributed by atoms with Crippen LogP contribution in [0.15, 0.2) is 32.5 Å². The van der Waals surface area contributed by atoms with Gasteiger partial charge in [-0.25, -0.2) is 0 Å². The summed E-state index contributed by atoms with van der Waals surface area (Å²) in [5, 5.41) is 4.46. The number of hydrogen-bond acceptors (Lipinski definition) is 2. The van der Waals surface area contributed by atoms with Gasteiger partial charge in [-0.15, -0.1) is 11.3 Å². The van der Waals surface area contributed by atoms with Crippen LogP contribution in [0.3, 0.4) is 0 Å². The van der Waals surface area contributed by atoms with E-state index in [0.717, 1.165) is 28.9 Å². The van der Waals surface area contributed by atoms with Crippen molar-refractivity contribution in [3.8, 4) is 0 Å². The summed E-state index contributed by atoms with van der Waals surface area (Å²) in [7, 11) is 0. The second kappa shape index (κ2) is 8.11. The van der Waals surface area contributed by atoms with Crippen molar-refractivity contribution < 1.29 is 0 Å². The van der Waals surface area contributed by atoms with E-state index in [1.165, 1.54) is 19.8 Å². The summed E-state index contributed by atoms with van der Waals surface area (Å²) in [6.07, 6.45) is 2.02. The van der Waals surface area contributed by atoms with Gasteiger partial charge in [-0.05, 0) is 71.6 Å². The summed E-state index contributed by atoms with van der Waals surface area (Å²) in [6, 6.07) is 8.67. The lowest BCUT2D eigenvalue weighted by atomic mass is 10.0. The van der Waals surface area contributed by atoms with Crippen molar-refractivity contribution in [2.75, 3.05) is 6.54 Å². The van der Waals surface area contributed by atoms with Crippen molar-refractivity contribution in [2.24, 2.45) is 0 Å². The highest BCUT2D eigenvalue weighted by Crippen LogP contribution is 2.34. The average molecular weight is 452 g/mol. The van der Waals surface area contributed by atoms with Gasteiger partial charge in [-0.2, -0.15) is 0 Å². The number of aryl methyl sites for hydroxylation is 1. The summed E-state index contributed by atoms with van der Waals surface area (Å²) in [4.78, 5) is 1.35. The summed E-state index contributed by atoms with van der Waals surface area (Å²) in [5.41, 5.74) is 2.47. The van der Waals surface area contributed by atoms with Crippen LogP contribution in [-0.2, 0) is 6.42 Å². The highest BCUT2D eigenvalue weighted by atomic mass is 79.9. The predicted molar refractivity (Wildman–Crippen MR) is 101 cm³/mol. The van der Waals surface area contributed by atoms with E-state index in [-0.39, 0.29) is 0 Å². The molecule has 1 heterocycles. The summed E-state index contributed by atoms with van der Waals surface area (Å²) >= 11 is 15.2. The molecule has 1 aromatic heterocycles. The quantitative estimate of drug-likeness (QED) is 0.527.